The highest BCUT2D eigenvalue weighted by atomic mass is 16.6. The van der Waals surface area contributed by atoms with Gasteiger partial charge in [-0.1, -0.05) is 78.9 Å². The van der Waals surface area contributed by atoms with Crippen LogP contribution in [0.15, 0.2) is 84.9 Å². The first-order valence-electron chi connectivity index (χ1n) is 10.3. The summed E-state index contributed by atoms with van der Waals surface area (Å²) in [7, 11) is 0. The van der Waals surface area contributed by atoms with E-state index in [1.165, 1.54) is 18.2 Å². The van der Waals surface area contributed by atoms with Crippen molar-refractivity contribution < 1.29 is 19.2 Å². The van der Waals surface area contributed by atoms with Crippen molar-refractivity contribution in [3.05, 3.63) is 112 Å². The molecule has 0 N–H and O–H groups in total. The van der Waals surface area contributed by atoms with Gasteiger partial charge >= 0.3 is 5.97 Å². The first-order valence-corrected chi connectivity index (χ1v) is 10.3. The number of amides is 1. The number of hydrogen-bond donors (Lipinski definition) is 0. The molecule has 164 valence electrons. The highest BCUT2D eigenvalue weighted by Crippen LogP contribution is 2.18. The lowest BCUT2D eigenvalue weighted by molar-refractivity contribution is -0.385. The fourth-order valence-electron chi connectivity index (χ4n) is 3.28. The third kappa shape index (κ3) is 6.77. The van der Waals surface area contributed by atoms with Crippen molar-refractivity contribution in [1.29, 1.82) is 0 Å². The number of para-hydroxylation sites is 1. The van der Waals surface area contributed by atoms with Crippen molar-refractivity contribution in [1.82, 2.24) is 4.90 Å². The summed E-state index contributed by atoms with van der Waals surface area (Å²) in [6.45, 7) is 0.453. The summed E-state index contributed by atoms with van der Waals surface area (Å²) < 4.78 is 5.16. The van der Waals surface area contributed by atoms with Crippen LogP contribution in [0.3, 0.4) is 0 Å². The van der Waals surface area contributed by atoms with Gasteiger partial charge in [0.2, 0.25) is 0 Å². The highest BCUT2D eigenvalue weighted by Gasteiger charge is 2.19. The lowest BCUT2D eigenvalue weighted by Gasteiger charge is -2.23. The Bertz CT molecular complexity index is 1050. The van der Waals surface area contributed by atoms with Gasteiger partial charge < -0.3 is 9.64 Å². The van der Waals surface area contributed by atoms with E-state index in [4.69, 9.17) is 4.74 Å². The Labute approximate surface area is 186 Å². The summed E-state index contributed by atoms with van der Waals surface area (Å²) in [5, 5.41) is 11.1. The summed E-state index contributed by atoms with van der Waals surface area (Å²) >= 11 is 0. The molecule has 0 aromatic heterocycles. The molecule has 0 aliphatic heterocycles. The first-order chi connectivity index (χ1) is 15.5. The number of carbonyl (C=O) groups excluding carboxylic acids is 2. The van der Waals surface area contributed by atoms with Crippen molar-refractivity contribution in [2.24, 2.45) is 0 Å². The molecule has 3 aromatic carbocycles. The number of benzene rings is 3. The van der Waals surface area contributed by atoms with Gasteiger partial charge in [0.1, 0.15) is 0 Å². The minimum atomic E-state index is -0.685. The summed E-state index contributed by atoms with van der Waals surface area (Å²) in [6.07, 6.45) is 0.400. The second-order valence-electron chi connectivity index (χ2n) is 7.26. The number of nitro groups is 1. The molecule has 0 aliphatic carbocycles. The van der Waals surface area contributed by atoms with E-state index < -0.39 is 17.5 Å². The van der Waals surface area contributed by atoms with Crippen LogP contribution in [0.1, 0.15) is 16.7 Å². The Morgan fingerprint density at radius 3 is 2.09 bits per heavy atom. The lowest BCUT2D eigenvalue weighted by atomic mass is 10.1. The second-order valence-corrected chi connectivity index (χ2v) is 7.26. The third-order valence-corrected chi connectivity index (χ3v) is 4.96. The van der Waals surface area contributed by atoms with E-state index >= 15 is 0 Å². The van der Waals surface area contributed by atoms with E-state index in [0.29, 0.717) is 19.5 Å². The van der Waals surface area contributed by atoms with E-state index in [2.05, 4.69) is 0 Å². The zero-order chi connectivity index (χ0) is 22.8. The summed E-state index contributed by atoms with van der Waals surface area (Å²) in [4.78, 5) is 37.3. The van der Waals surface area contributed by atoms with E-state index in [1.54, 1.807) is 11.0 Å². The highest BCUT2D eigenvalue weighted by molar-refractivity contribution is 5.81. The van der Waals surface area contributed by atoms with Crippen molar-refractivity contribution in [3.8, 4) is 0 Å². The molecule has 0 saturated heterocycles. The minimum Gasteiger partial charge on any atom is -0.455 e. The summed E-state index contributed by atoms with van der Waals surface area (Å²) in [5.74, 6) is -1.00. The summed E-state index contributed by atoms with van der Waals surface area (Å²) in [6, 6.07) is 25.4. The predicted octanol–water partition coefficient (Wildman–Crippen LogP) is 3.95. The largest absolute Gasteiger partial charge is 0.455 e. The SMILES string of the molecule is O=C(Cc1ccccc1[N+](=O)[O-])OCC(=O)N(CCc1ccccc1)Cc1ccccc1. The van der Waals surface area contributed by atoms with E-state index in [0.717, 1.165) is 11.1 Å². The van der Waals surface area contributed by atoms with Gasteiger partial charge in [-0.05, 0) is 17.5 Å². The van der Waals surface area contributed by atoms with Crippen LogP contribution in [0.5, 0.6) is 0 Å². The molecule has 0 heterocycles. The monoisotopic (exact) mass is 432 g/mol. The Morgan fingerprint density at radius 1 is 0.844 bits per heavy atom. The minimum absolute atomic E-state index is 0.149. The standard InChI is InChI=1S/C25H24N2O5/c28-24(19-32-25(29)17-22-13-7-8-14-23(22)27(30)31)26(18-21-11-5-2-6-12-21)16-15-20-9-3-1-4-10-20/h1-14H,15-19H2. The zero-order valence-electron chi connectivity index (χ0n) is 17.6. The van der Waals surface area contributed by atoms with Crippen LogP contribution in [-0.2, 0) is 33.7 Å². The van der Waals surface area contributed by atoms with Crippen LogP contribution in [0.2, 0.25) is 0 Å². The van der Waals surface area contributed by atoms with Crippen LogP contribution < -0.4 is 0 Å². The molecule has 0 unspecified atom stereocenters. The predicted molar refractivity (Wildman–Crippen MR) is 120 cm³/mol. The number of carbonyl (C=O) groups is 2. The van der Waals surface area contributed by atoms with E-state index in [-0.39, 0.29) is 23.6 Å². The molecular formula is C25H24N2O5. The van der Waals surface area contributed by atoms with Gasteiger partial charge in [0.15, 0.2) is 6.61 Å². The van der Waals surface area contributed by atoms with Crippen molar-refractivity contribution >= 4 is 17.6 Å². The Hall–Kier alpha value is -4.00. The molecule has 3 rings (SSSR count). The maximum atomic E-state index is 12.8. The van der Waals surface area contributed by atoms with Gasteiger partial charge in [-0.15, -0.1) is 0 Å². The average Bonchev–Trinajstić information content (AvgIpc) is 2.81. The molecule has 3 aromatic rings. The van der Waals surface area contributed by atoms with E-state index in [1.807, 2.05) is 60.7 Å². The van der Waals surface area contributed by atoms with Crippen LogP contribution >= 0.6 is 0 Å². The van der Waals surface area contributed by atoms with Crippen molar-refractivity contribution in [2.45, 2.75) is 19.4 Å². The Morgan fingerprint density at radius 2 is 1.44 bits per heavy atom. The fourth-order valence-corrected chi connectivity index (χ4v) is 3.28. The number of nitrogens with zero attached hydrogens (tertiary/aromatic N) is 2. The van der Waals surface area contributed by atoms with Gasteiger partial charge in [0.25, 0.3) is 11.6 Å². The Balaban J connectivity index is 1.61. The quantitative estimate of drug-likeness (QED) is 0.275. The second kappa shape index (κ2) is 11.4. The maximum Gasteiger partial charge on any atom is 0.311 e. The number of nitro benzene ring substituents is 1. The fraction of sp³-hybridized carbons (Fsp3) is 0.200. The zero-order valence-corrected chi connectivity index (χ0v) is 17.6. The third-order valence-electron chi connectivity index (χ3n) is 4.96. The molecule has 0 bridgehead atoms. The number of rotatable bonds is 10. The molecule has 0 fully saturated rings. The molecule has 7 heteroatoms. The van der Waals surface area contributed by atoms with Gasteiger partial charge in [0, 0.05) is 24.7 Å². The molecule has 0 atom stereocenters. The molecule has 0 aliphatic rings. The van der Waals surface area contributed by atoms with Gasteiger partial charge in [-0.2, -0.15) is 0 Å². The van der Waals surface area contributed by atoms with Crippen LogP contribution in [0.25, 0.3) is 0 Å². The van der Waals surface area contributed by atoms with Crippen molar-refractivity contribution in [3.63, 3.8) is 0 Å². The van der Waals surface area contributed by atoms with Gasteiger partial charge in [0.05, 0.1) is 11.3 Å². The van der Waals surface area contributed by atoms with Crippen molar-refractivity contribution in [2.75, 3.05) is 13.2 Å². The molecule has 32 heavy (non-hydrogen) atoms. The van der Waals surface area contributed by atoms with E-state index in [9.17, 15) is 19.7 Å². The lowest BCUT2D eigenvalue weighted by Crippen LogP contribution is -2.36. The number of hydrogen-bond acceptors (Lipinski definition) is 5. The first kappa shape index (κ1) is 22.7. The molecule has 7 nitrogen and oxygen atoms in total. The number of ether oxygens (including phenoxy) is 1. The molecular weight excluding hydrogens is 408 g/mol. The molecule has 1 amide bonds. The van der Waals surface area contributed by atoms with Gasteiger partial charge in [-0.25, -0.2) is 0 Å². The molecule has 0 radical (unpaired) electrons. The van der Waals surface area contributed by atoms with Crippen LogP contribution in [0, 0.1) is 10.1 Å². The summed E-state index contributed by atoms with van der Waals surface area (Å²) in [5.41, 5.74) is 2.18. The normalized spacial score (nSPS) is 10.4. The topological polar surface area (TPSA) is 89.7 Å². The Kier molecular flexibility index (Phi) is 8.09. The molecule has 0 saturated carbocycles. The average molecular weight is 432 g/mol. The molecule has 0 spiro atoms. The smallest absolute Gasteiger partial charge is 0.311 e. The van der Waals surface area contributed by atoms with Gasteiger partial charge in [-0.3, -0.25) is 19.7 Å². The van der Waals surface area contributed by atoms with Crippen LogP contribution in [-0.4, -0.2) is 34.9 Å². The maximum absolute atomic E-state index is 12.8. The number of esters is 1. The van der Waals surface area contributed by atoms with Crippen LogP contribution in [0.4, 0.5) is 5.69 Å².